The van der Waals surface area contributed by atoms with Gasteiger partial charge in [0.2, 0.25) is 0 Å². The van der Waals surface area contributed by atoms with E-state index in [0.717, 1.165) is 24.9 Å². The molecule has 0 amide bonds. The third kappa shape index (κ3) is 3.12. The minimum Gasteiger partial charge on any atom is -0.381 e. The number of carbonyl (C=O) groups is 1. The van der Waals surface area contributed by atoms with Gasteiger partial charge in [0.25, 0.3) is 0 Å². The SMILES string of the molecule is CC(C)[C@@H](Nc1ccccc1)C1CCCCC1=O. The van der Waals surface area contributed by atoms with Crippen LogP contribution in [0.3, 0.4) is 0 Å². The van der Waals surface area contributed by atoms with Crippen molar-refractivity contribution in [2.24, 2.45) is 11.8 Å². The molecule has 0 aromatic heterocycles. The zero-order valence-corrected chi connectivity index (χ0v) is 11.4. The highest BCUT2D eigenvalue weighted by Crippen LogP contribution is 2.29. The molecule has 2 rings (SSSR count). The van der Waals surface area contributed by atoms with Crippen LogP contribution in [-0.2, 0) is 4.79 Å². The molecule has 0 bridgehead atoms. The van der Waals surface area contributed by atoms with Crippen molar-refractivity contribution in [2.75, 3.05) is 5.32 Å². The van der Waals surface area contributed by atoms with Crippen LogP contribution < -0.4 is 5.32 Å². The summed E-state index contributed by atoms with van der Waals surface area (Å²) in [5.74, 6) is 1.11. The van der Waals surface area contributed by atoms with E-state index in [0.29, 0.717) is 11.7 Å². The molecule has 1 aromatic rings. The molecule has 0 saturated heterocycles. The fourth-order valence-corrected chi connectivity index (χ4v) is 2.85. The second-order valence-corrected chi connectivity index (χ2v) is 5.60. The highest BCUT2D eigenvalue weighted by molar-refractivity contribution is 5.82. The van der Waals surface area contributed by atoms with E-state index in [9.17, 15) is 4.79 Å². The molecule has 1 saturated carbocycles. The molecule has 1 aliphatic carbocycles. The van der Waals surface area contributed by atoms with E-state index >= 15 is 0 Å². The molecule has 0 aliphatic heterocycles. The van der Waals surface area contributed by atoms with E-state index < -0.39 is 0 Å². The Hall–Kier alpha value is -1.31. The number of hydrogen-bond acceptors (Lipinski definition) is 2. The summed E-state index contributed by atoms with van der Waals surface area (Å²) in [5, 5.41) is 3.56. The maximum Gasteiger partial charge on any atom is 0.138 e. The molecule has 18 heavy (non-hydrogen) atoms. The van der Waals surface area contributed by atoms with Crippen molar-refractivity contribution in [3.8, 4) is 0 Å². The van der Waals surface area contributed by atoms with Crippen molar-refractivity contribution in [2.45, 2.75) is 45.6 Å². The van der Waals surface area contributed by atoms with Crippen LogP contribution in [0.25, 0.3) is 0 Å². The van der Waals surface area contributed by atoms with Gasteiger partial charge in [0.1, 0.15) is 5.78 Å². The van der Waals surface area contributed by atoms with Crippen LogP contribution in [0.15, 0.2) is 30.3 Å². The summed E-state index contributed by atoms with van der Waals surface area (Å²) < 4.78 is 0. The van der Waals surface area contributed by atoms with Crippen molar-refractivity contribution < 1.29 is 4.79 Å². The molecular formula is C16H23NO. The number of hydrogen-bond donors (Lipinski definition) is 1. The summed E-state index contributed by atoms with van der Waals surface area (Å²) in [6, 6.07) is 10.5. The first kappa shape index (κ1) is 13.1. The topological polar surface area (TPSA) is 29.1 Å². The Kier molecular flexibility index (Phi) is 4.40. The van der Waals surface area contributed by atoms with Crippen LogP contribution >= 0.6 is 0 Å². The molecule has 1 unspecified atom stereocenters. The van der Waals surface area contributed by atoms with Crippen molar-refractivity contribution in [3.63, 3.8) is 0 Å². The van der Waals surface area contributed by atoms with Crippen LogP contribution in [-0.4, -0.2) is 11.8 Å². The van der Waals surface area contributed by atoms with Gasteiger partial charge < -0.3 is 5.32 Å². The second kappa shape index (κ2) is 6.03. The molecule has 0 radical (unpaired) electrons. The lowest BCUT2D eigenvalue weighted by molar-refractivity contribution is -0.125. The standard InChI is InChI=1S/C16H23NO/c1-12(2)16(14-10-6-7-11-15(14)18)17-13-8-4-3-5-9-13/h3-5,8-9,12,14,16-17H,6-7,10-11H2,1-2H3/t14?,16-/m1/s1. The Morgan fingerprint density at radius 3 is 2.50 bits per heavy atom. The summed E-state index contributed by atoms with van der Waals surface area (Å²) in [6.45, 7) is 4.39. The lowest BCUT2D eigenvalue weighted by Crippen LogP contribution is -2.40. The maximum atomic E-state index is 12.1. The van der Waals surface area contributed by atoms with Crippen LogP contribution in [0.1, 0.15) is 39.5 Å². The van der Waals surface area contributed by atoms with Crippen molar-refractivity contribution in [1.82, 2.24) is 0 Å². The molecule has 1 aliphatic rings. The molecule has 1 fully saturated rings. The van der Waals surface area contributed by atoms with Crippen LogP contribution in [0.5, 0.6) is 0 Å². The number of ketones is 1. The van der Waals surface area contributed by atoms with E-state index in [1.54, 1.807) is 0 Å². The number of nitrogens with one attached hydrogen (secondary N) is 1. The third-order valence-corrected chi connectivity index (χ3v) is 3.86. The average molecular weight is 245 g/mol. The predicted molar refractivity (Wildman–Crippen MR) is 75.7 cm³/mol. The Balaban J connectivity index is 2.10. The first-order valence-corrected chi connectivity index (χ1v) is 7.03. The normalized spacial score (nSPS) is 21.9. The fourth-order valence-electron chi connectivity index (χ4n) is 2.85. The Labute approximate surface area is 110 Å². The highest BCUT2D eigenvalue weighted by Gasteiger charge is 2.31. The monoisotopic (exact) mass is 245 g/mol. The Morgan fingerprint density at radius 1 is 1.17 bits per heavy atom. The van der Waals surface area contributed by atoms with Crippen molar-refractivity contribution in [3.05, 3.63) is 30.3 Å². The lowest BCUT2D eigenvalue weighted by atomic mass is 9.78. The first-order chi connectivity index (χ1) is 8.68. The number of anilines is 1. The van der Waals surface area contributed by atoms with Crippen LogP contribution in [0.4, 0.5) is 5.69 Å². The summed E-state index contributed by atoms with van der Waals surface area (Å²) in [6.07, 6.45) is 4.08. The van der Waals surface area contributed by atoms with E-state index in [1.165, 1.54) is 6.42 Å². The Morgan fingerprint density at radius 2 is 1.89 bits per heavy atom. The fraction of sp³-hybridized carbons (Fsp3) is 0.562. The number of carbonyl (C=O) groups excluding carboxylic acids is 1. The van der Waals surface area contributed by atoms with Gasteiger partial charge in [0, 0.05) is 24.1 Å². The first-order valence-electron chi connectivity index (χ1n) is 7.03. The Bertz CT molecular complexity index is 385. The maximum absolute atomic E-state index is 12.1. The number of para-hydroxylation sites is 1. The molecule has 0 heterocycles. The molecular weight excluding hydrogens is 222 g/mol. The zero-order valence-electron chi connectivity index (χ0n) is 11.4. The third-order valence-electron chi connectivity index (χ3n) is 3.86. The van der Waals surface area contributed by atoms with Gasteiger partial charge in [0.05, 0.1) is 0 Å². The predicted octanol–water partition coefficient (Wildman–Crippen LogP) is 3.88. The zero-order chi connectivity index (χ0) is 13.0. The van der Waals surface area contributed by atoms with Gasteiger partial charge in [-0.2, -0.15) is 0 Å². The molecule has 2 atom stereocenters. The molecule has 1 N–H and O–H groups in total. The van der Waals surface area contributed by atoms with Gasteiger partial charge in [-0.05, 0) is 30.9 Å². The second-order valence-electron chi connectivity index (χ2n) is 5.60. The minimum absolute atomic E-state index is 0.193. The van der Waals surface area contributed by atoms with Gasteiger partial charge >= 0.3 is 0 Å². The average Bonchev–Trinajstić information content (AvgIpc) is 2.38. The summed E-state index contributed by atoms with van der Waals surface area (Å²) in [7, 11) is 0. The molecule has 1 aromatic carbocycles. The molecule has 0 spiro atoms. The summed E-state index contributed by atoms with van der Waals surface area (Å²) in [5.41, 5.74) is 1.12. The lowest BCUT2D eigenvalue weighted by Gasteiger charge is -2.33. The number of rotatable bonds is 4. The van der Waals surface area contributed by atoms with Crippen LogP contribution in [0.2, 0.25) is 0 Å². The summed E-state index contributed by atoms with van der Waals surface area (Å²) >= 11 is 0. The quantitative estimate of drug-likeness (QED) is 0.872. The molecule has 2 heteroatoms. The van der Waals surface area contributed by atoms with Gasteiger partial charge in [0.15, 0.2) is 0 Å². The summed E-state index contributed by atoms with van der Waals surface area (Å²) in [4.78, 5) is 12.1. The van der Waals surface area contributed by atoms with Gasteiger partial charge in [-0.15, -0.1) is 0 Å². The van der Waals surface area contributed by atoms with Gasteiger partial charge in [-0.25, -0.2) is 0 Å². The smallest absolute Gasteiger partial charge is 0.138 e. The van der Waals surface area contributed by atoms with E-state index in [1.807, 2.05) is 18.2 Å². The number of Topliss-reactive ketones (excluding diaryl/α,β-unsaturated/α-hetero) is 1. The van der Waals surface area contributed by atoms with E-state index in [2.05, 4.69) is 31.3 Å². The molecule has 98 valence electrons. The highest BCUT2D eigenvalue weighted by atomic mass is 16.1. The van der Waals surface area contributed by atoms with Crippen LogP contribution in [0, 0.1) is 11.8 Å². The van der Waals surface area contributed by atoms with Gasteiger partial charge in [-0.1, -0.05) is 38.5 Å². The van der Waals surface area contributed by atoms with Gasteiger partial charge in [-0.3, -0.25) is 4.79 Å². The largest absolute Gasteiger partial charge is 0.381 e. The molecule has 2 nitrogen and oxygen atoms in total. The number of benzene rings is 1. The van der Waals surface area contributed by atoms with E-state index in [-0.39, 0.29) is 12.0 Å². The van der Waals surface area contributed by atoms with Crippen molar-refractivity contribution >= 4 is 11.5 Å². The minimum atomic E-state index is 0.193. The van der Waals surface area contributed by atoms with Crippen molar-refractivity contribution in [1.29, 1.82) is 0 Å². The van der Waals surface area contributed by atoms with E-state index in [4.69, 9.17) is 0 Å².